The third-order valence-corrected chi connectivity index (χ3v) is 3.34. The van der Waals surface area contributed by atoms with Crippen LogP contribution >= 0.6 is 0 Å². The molecule has 1 fully saturated rings. The Hall–Kier alpha value is -1.89. The first-order chi connectivity index (χ1) is 9.53. The minimum absolute atomic E-state index is 0.0349. The van der Waals surface area contributed by atoms with Crippen LogP contribution < -0.4 is 20.1 Å². The maximum absolute atomic E-state index is 12.9. The van der Waals surface area contributed by atoms with Gasteiger partial charge in [-0.3, -0.25) is 4.79 Å². The largest absolute Gasteiger partial charge is 0.586 e. The lowest BCUT2D eigenvalue weighted by Crippen LogP contribution is -2.37. The zero-order valence-electron chi connectivity index (χ0n) is 10.6. The second-order valence-electron chi connectivity index (χ2n) is 4.86. The zero-order chi connectivity index (χ0) is 14.2. The summed E-state index contributed by atoms with van der Waals surface area (Å²) in [4.78, 5) is 12.0. The van der Waals surface area contributed by atoms with E-state index in [1.54, 1.807) is 0 Å². The molecule has 3 rings (SSSR count). The molecule has 1 aromatic carbocycles. The Morgan fingerprint density at radius 1 is 1.35 bits per heavy atom. The number of fused-ring (bicyclic) bond motifs is 1. The molecule has 2 heterocycles. The van der Waals surface area contributed by atoms with Gasteiger partial charge < -0.3 is 20.1 Å². The topological polar surface area (TPSA) is 59.6 Å². The monoisotopic (exact) mass is 284 g/mol. The van der Waals surface area contributed by atoms with Crippen LogP contribution in [0.3, 0.4) is 0 Å². The highest BCUT2D eigenvalue weighted by Gasteiger charge is 2.43. The normalized spacial score (nSPS) is 23.4. The summed E-state index contributed by atoms with van der Waals surface area (Å²) in [6, 6.07) is 4.20. The van der Waals surface area contributed by atoms with Gasteiger partial charge in [-0.05, 0) is 31.5 Å². The summed E-state index contributed by atoms with van der Waals surface area (Å²) in [6.07, 6.45) is -1.87. The number of carbonyl (C=O) groups excluding carboxylic acids is 1. The van der Waals surface area contributed by atoms with Crippen molar-refractivity contribution in [3.8, 4) is 11.5 Å². The molecule has 7 heteroatoms. The number of nitrogens with one attached hydrogen (secondary N) is 2. The van der Waals surface area contributed by atoms with Gasteiger partial charge >= 0.3 is 6.29 Å². The summed E-state index contributed by atoms with van der Waals surface area (Å²) in [5, 5.41) is 5.86. The number of halogens is 2. The molecular formula is C13H14F2N2O3. The van der Waals surface area contributed by atoms with Crippen molar-refractivity contribution in [3.05, 3.63) is 18.2 Å². The number of rotatable bonds is 2. The summed E-state index contributed by atoms with van der Waals surface area (Å²) in [7, 11) is 0. The standard InChI is InChI=1S/C13H14F2N2O3/c14-13(15)19-10-4-3-9(6-11(10)20-13)17-12(18)8-2-1-5-16-7-8/h3-4,6,8,16H,1-2,5,7H2,(H,17,18)/t8-/m1/s1. The van der Waals surface area contributed by atoms with E-state index < -0.39 is 6.29 Å². The van der Waals surface area contributed by atoms with E-state index in [0.29, 0.717) is 12.2 Å². The number of hydrogen-bond acceptors (Lipinski definition) is 4. The van der Waals surface area contributed by atoms with Crippen LogP contribution in [0.5, 0.6) is 11.5 Å². The fraction of sp³-hybridized carbons (Fsp3) is 0.462. The molecule has 1 aromatic rings. The van der Waals surface area contributed by atoms with E-state index in [2.05, 4.69) is 20.1 Å². The van der Waals surface area contributed by atoms with E-state index in [4.69, 9.17) is 0 Å². The molecule has 2 aliphatic rings. The molecular weight excluding hydrogens is 270 g/mol. The SMILES string of the molecule is O=C(Nc1ccc2c(c1)OC(F)(F)O2)[C@@H]1CCCNC1. The van der Waals surface area contributed by atoms with Crippen LogP contribution in [0, 0.1) is 5.92 Å². The Kier molecular flexibility index (Phi) is 3.21. The molecule has 1 saturated heterocycles. The molecule has 1 amide bonds. The molecule has 0 spiro atoms. The highest BCUT2D eigenvalue weighted by Crippen LogP contribution is 2.42. The number of anilines is 1. The third kappa shape index (κ3) is 2.67. The number of piperidine rings is 1. The van der Waals surface area contributed by atoms with Crippen LogP contribution in [0.15, 0.2) is 18.2 Å². The van der Waals surface area contributed by atoms with Gasteiger partial charge in [0.2, 0.25) is 5.91 Å². The molecule has 2 N–H and O–H groups in total. The Morgan fingerprint density at radius 3 is 2.90 bits per heavy atom. The summed E-state index contributed by atoms with van der Waals surface area (Å²) in [5.74, 6) is -0.333. The fourth-order valence-corrected chi connectivity index (χ4v) is 2.35. The van der Waals surface area contributed by atoms with E-state index in [9.17, 15) is 13.6 Å². The van der Waals surface area contributed by atoms with E-state index >= 15 is 0 Å². The Balaban J connectivity index is 1.68. The van der Waals surface area contributed by atoms with Crippen LogP contribution in [0.25, 0.3) is 0 Å². The van der Waals surface area contributed by atoms with Gasteiger partial charge in [-0.1, -0.05) is 0 Å². The van der Waals surface area contributed by atoms with Crippen molar-refractivity contribution >= 4 is 11.6 Å². The van der Waals surface area contributed by atoms with Gasteiger partial charge in [-0.2, -0.15) is 0 Å². The minimum Gasteiger partial charge on any atom is -0.395 e. The highest BCUT2D eigenvalue weighted by molar-refractivity contribution is 5.93. The van der Waals surface area contributed by atoms with Crippen molar-refractivity contribution in [2.45, 2.75) is 19.1 Å². The van der Waals surface area contributed by atoms with Crippen molar-refractivity contribution in [3.63, 3.8) is 0 Å². The third-order valence-electron chi connectivity index (χ3n) is 3.34. The average Bonchev–Trinajstić information content (AvgIpc) is 2.73. The summed E-state index contributed by atoms with van der Waals surface area (Å²) in [5.41, 5.74) is 0.417. The molecule has 5 nitrogen and oxygen atoms in total. The van der Waals surface area contributed by atoms with Crippen LogP contribution in [-0.4, -0.2) is 25.3 Å². The molecule has 0 saturated carbocycles. The molecule has 20 heavy (non-hydrogen) atoms. The number of amides is 1. The van der Waals surface area contributed by atoms with Crippen molar-refractivity contribution in [1.82, 2.24) is 5.32 Å². The molecule has 0 bridgehead atoms. The summed E-state index contributed by atoms with van der Waals surface area (Å²) >= 11 is 0. The molecule has 108 valence electrons. The van der Waals surface area contributed by atoms with E-state index in [0.717, 1.165) is 19.4 Å². The van der Waals surface area contributed by atoms with Gasteiger partial charge in [0, 0.05) is 18.3 Å². The van der Waals surface area contributed by atoms with Crippen molar-refractivity contribution < 1.29 is 23.0 Å². The first-order valence-corrected chi connectivity index (χ1v) is 6.45. The zero-order valence-corrected chi connectivity index (χ0v) is 10.6. The van der Waals surface area contributed by atoms with Gasteiger partial charge in [0.25, 0.3) is 0 Å². The number of ether oxygens (including phenoxy) is 2. The first kappa shape index (κ1) is 13.1. The first-order valence-electron chi connectivity index (χ1n) is 6.45. The molecule has 2 aliphatic heterocycles. The predicted molar refractivity (Wildman–Crippen MR) is 66.9 cm³/mol. The maximum Gasteiger partial charge on any atom is 0.586 e. The van der Waals surface area contributed by atoms with E-state index in [1.165, 1.54) is 18.2 Å². The van der Waals surface area contributed by atoms with Crippen molar-refractivity contribution in [2.24, 2.45) is 5.92 Å². The Bertz CT molecular complexity index is 530. The highest BCUT2D eigenvalue weighted by atomic mass is 19.3. The Labute approximate surface area is 114 Å². The molecule has 0 radical (unpaired) electrons. The van der Waals surface area contributed by atoms with Crippen LogP contribution in [-0.2, 0) is 4.79 Å². The lowest BCUT2D eigenvalue weighted by Gasteiger charge is -2.21. The van der Waals surface area contributed by atoms with E-state index in [1.807, 2.05) is 0 Å². The fourth-order valence-electron chi connectivity index (χ4n) is 2.35. The van der Waals surface area contributed by atoms with Crippen molar-refractivity contribution in [2.75, 3.05) is 18.4 Å². The van der Waals surface area contributed by atoms with Gasteiger partial charge in [-0.25, -0.2) is 0 Å². The van der Waals surface area contributed by atoms with Gasteiger partial charge in [0.05, 0.1) is 5.92 Å². The van der Waals surface area contributed by atoms with Crippen LogP contribution in [0.2, 0.25) is 0 Å². The Morgan fingerprint density at radius 2 is 2.15 bits per heavy atom. The molecule has 0 unspecified atom stereocenters. The lowest BCUT2D eigenvalue weighted by atomic mass is 9.99. The summed E-state index contributed by atoms with van der Waals surface area (Å²) < 4.78 is 34.4. The maximum atomic E-state index is 12.9. The van der Waals surface area contributed by atoms with Crippen LogP contribution in [0.4, 0.5) is 14.5 Å². The quantitative estimate of drug-likeness (QED) is 0.871. The molecule has 0 aliphatic carbocycles. The number of hydrogen-bond donors (Lipinski definition) is 2. The predicted octanol–water partition coefficient (Wildman–Crippen LogP) is 1.95. The minimum atomic E-state index is -3.64. The smallest absolute Gasteiger partial charge is 0.395 e. The number of benzene rings is 1. The second-order valence-corrected chi connectivity index (χ2v) is 4.86. The van der Waals surface area contributed by atoms with Crippen molar-refractivity contribution in [1.29, 1.82) is 0 Å². The summed E-state index contributed by atoms with van der Waals surface area (Å²) in [6.45, 7) is 1.55. The number of alkyl halides is 2. The lowest BCUT2D eigenvalue weighted by molar-refractivity contribution is -0.286. The van der Waals surface area contributed by atoms with E-state index in [-0.39, 0.29) is 23.3 Å². The molecule has 0 aromatic heterocycles. The number of carbonyl (C=O) groups is 1. The van der Waals surface area contributed by atoms with Gasteiger partial charge in [0.1, 0.15) is 0 Å². The van der Waals surface area contributed by atoms with Crippen LogP contribution in [0.1, 0.15) is 12.8 Å². The second kappa shape index (κ2) is 4.90. The van der Waals surface area contributed by atoms with Gasteiger partial charge in [-0.15, -0.1) is 8.78 Å². The molecule has 1 atom stereocenters. The average molecular weight is 284 g/mol. The van der Waals surface area contributed by atoms with Gasteiger partial charge in [0.15, 0.2) is 11.5 Å².